The van der Waals surface area contributed by atoms with Crippen LogP contribution in [0, 0.1) is 0 Å². The third-order valence-corrected chi connectivity index (χ3v) is 5.76. The van der Waals surface area contributed by atoms with E-state index < -0.39 is 27.4 Å². The van der Waals surface area contributed by atoms with Crippen LogP contribution in [0.1, 0.15) is 40.8 Å². The van der Waals surface area contributed by atoms with Crippen molar-refractivity contribution in [3.05, 3.63) is 46.2 Å². The van der Waals surface area contributed by atoms with Gasteiger partial charge in [0.1, 0.15) is 0 Å². The summed E-state index contributed by atoms with van der Waals surface area (Å²) in [7, 11) is -3.75. The van der Waals surface area contributed by atoms with E-state index in [0.29, 0.717) is 0 Å². The van der Waals surface area contributed by atoms with E-state index in [1.165, 1.54) is 29.6 Å². The van der Waals surface area contributed by atoms with Crippen LogP contribution in [0.5, 0.6) is 0 Å². The first-order chi connectivity index (χ1) is 11.5. The Labute approximate surface area is 149 Å². The molecule has 1 heterocycles. The van der Waals surface area contributed by atoms with Crippen LogP contribution in [-0.2, 0) is 10.0 Å². The van der Waals surface area contributed by atoms with Crippen molar-refractivity contribution in [2.45, 2.75) is 31.2 Å². The lowest BCUT2D eigenvalue weighted by Gasteiger charge is -2.19. The number of rotatable bonds is 5. The average molecular weight is 381 g/mol. The Kier molecular flexibility index (Phi) is 5.31. The Balaban J connectivity index is 2.23. The summed E-state index contributed by atoms with van der Waals surface area (Å²) in [6.45, 7) is 5.13. The summed E-state index contributed by atoms with van der Waals surface area (Å²) >= 11 is 0.950. The molecule has 2 N–H and O–H groups in total. The number of anilines is 1. The zero-order chi connectivity index (χ0) is 18.8. The van der Waals surface area contributed by atoms with E-state index >= 15 is 0 Å². The van der Waals surface area contributed by atoms with E-state index in [4.69, 9.17) is 0 Å². The van der Waals surface area contributed by atoms with Gasteiger partial charge in [0.15, 0.2) is 0 Å². The van der Waals surface area contributed by atoms with Crippen LogP contribution in [0.4, 0.5) is 5.69 Å². The Morgan fingerprint density at radius 3 is 2.40 bits per heavy atom. The van der Waals surface area contributed by atoms with Gasteiger partial charge in [-0.05, 0) is 32.9 Å². The van der Waals surface area contributed by atoms with Gasteiger partial charge < -0.3 is 15.2 Å². The number of carbonyl (C=O) groups excluding carboxylic acids is 2. The van der Waals surface area contributed by atoms with Crippen LogP contribution in [-0.4, -0.2) is 25.8 Å². The SMILES string of the molecule is CC(C)(C)NS(=O)(=O)c1csc(C(=O)Nc2ccccc2C(=O)[O-])c1. The second-order valence-electron chi connectivity index (χ2n) is 6.29. The van der Waals surface area contributed by atoms with Gasteiger partial charge in [-0.2, -0.15) is 0 Å². The van der Waals surface area contributed by atoms with Crippen LogP contribution in [0.2, 0.25) is 0 Å². The lowest BCUT2D eigenvalue weighted by Crippen LogP contribution is -2.40. The molecule has 2 rings (SSSR count). The highest BCUT2D eigenvalue weighted by Crippen LogP contribution is 2.23. The maximum Gasteiger partial charge on any atom is 0.265 e. The van der Waals surface area contributed by atoms with Gasteiger partial charge in [0.2, 0.25) is 10.0 Å². The van der Waals surface area contributed by atoms with Crippen LogP contribution >= 0.6 is 11.3 Å². The number of hydrogen-bond acceptors (Lipinski definition) is 6. The number of sulfonamides is 1. The smallest absolute Gasteiger partial charge is 0.265 e. The summed E-state index contributed by atoms with van der Waals surface area (Å²) in [6, 6.07) is 7.06. The number of amides is 1. The zero-order valence-corrected chi connectivity index (χ0v) is 15.5. The van der Waals surface area contributed by atoms with E-state index in [1.54, 1.807) is 26.8 Å². The third kappa shape index (κ3) is 4.88. The van der Waals surface area contributed by atoms with Crippen LogP contribution in [0.3, 0.4) is 0 Å². The summed E-state index contributed by atoms with van der Waals surface area (Å²) < 4.78 is 27.0. The molecule has 0 bridgehead atoms. The Morgan fingerprint density at radius 1 is 1.16 bits per heavy atom. The molecule has 1 aromatic heterocycles. The largest absolute Gasteiger partial charge is 0.545 e. The summed E-state index contributed by atoms with van der Waals surface area (Å²) in [6.07, 6.45) is 0. The predicted octanol–water partition coefficient (Wildman–Crippen LogP) is 1.44. The van der Waals surface area contributed by atoms with E-state index in [9.17, 15) is 23.1 Å². The number of hydrogen-bond donors (Lipinski definition) is 2. The van der Waals surface area contributed by atoms with Gasteiger partial charge in [-0.3, -0.25) is 4.79 Å². The zero-order valence-electron chi connectivity index (χ0n) is 13.8. The van der Waals surface area contributed by atoms with E-state index in [1.807, 2.05) is 0 Å². The van der Waals surface area contributed by atoms with E-state index in [0.717, 1.165) is 11.3 Å². The number of carboxylic acids is 1. The van der Waals surface area contributed by atoms with Crippen molar-refractivity contribution in [2.75, 3.05) is 5.32 Å². The first kappa shape index (κ1) is 19.1. The van der Waals surface area contributed by atoms with Gasteiger partial charge in [0.25, 0.3) is 5.91 Å². The minimum absolute atomic E-state index is 0.0224. The lowest BCUT2D eigenvalue weighted by molar-refractivity contribution is -0.254. The molecular formula is C16H17N2O5S2-. The van der Waals surface area contributed by atoms with Gasteiger partial charge in [0, 0.05) is 16.5 Å². The molecule has 0 saturated carbocycles. The molecule has 1 aromatic carbocycles. The number of aromatic carboxylic acids is 1. The fourth-order valence-electron chi connectivity index (χ4n) is 1.99. The topological polar surface area (TPSA) is 115 Å². The van der Waals surface area contributed by atoms with Crippen molar-refractivity contribution >= 4 is 38.9 Å². The van der Waals surface area contributed by atoms with Crippen molar-refractivity contribution in [2.24, 2.45) is 0 Å². The molecule has 0 saturated heterocycles. The fourth-order valence-corrected chi connectivity index (χ4v) is 4.58. The molecule has 0 aliphatic carbocycles. The average Bonchev–Trinajstić information content (AvgIpc) is 2.95. The summed E-state index contributed by atoms with van der Waals surface area (Å²) in [5.41, 5.74) is -0.732. The normalized spacial score (nSPS) is 12.0. The van der Waals surface area contributed by atoms with Gasteiger partial charge in [-0.25, -0.2) is 13.1 Å². The molecule has 0 fully saturated rings. The molecule has 0 atom stereocenters. The molecular weight excluding hydrogens is 364 g/mol. The first-order valence-corrected chi connectivity index (χ1v) is 9.60. The van der Waals surface area contributed by atoms with E-state index in [2.05, 4.69) is 10.0 Å². The van der Waals surface area contributed by atoms with Crippen LogP contribution in [0.15, 0.2) is 40.6 Å². The minimum atomic E-state index is -3.75. The Morgan fingerprint density at radius 2 is 1.80 bits per heavy atom. The highest BCUT2D eigenvalue weighted by molar-refractivity contribution is 7.89. The molecule has 0 aliphatic rings. The predicted molar refractivity (Wildman–Crippen MR) is 93.1 cm³/mol. The number of para-hydroxylation sites is 1. The summed E-state index contributed by atoms with van der Waals surface area (Å²) in [5, 5.41) is 14.9. The minimum Gasteiger partial charge on any atom is -0.545 e. The second kappa shape index (κ2) is 6.95. The Bertz CT molecular complexity index is 911. The molecule has 7 nitrogen and oxygen atoms in total. The highest BCUT2D eigenvalue weighted by Gasteiger charge is 2.24. The molecule has 0 unspecified atom stereocenters. The Hall–Kier alpha value is -2.23. The van der Waals surface area contributed by atoms with Crippen molar-refractivity contribution in [1.82, 2.24) is 4.72 Å². The molecule has 134 valence electrons. The molecule has 25 heavy (non-hydrogen) atoms. The molecule has 2 aromatic rings. The van der Waals surface area contributed by atoms with Crippen molar-refractivity contribution < 1.29 is 23.1 Å². The molecule has 0 spiro atoms. The van der Waals surface area contributed by atoms with Gasteiger partial charge in [0.05, 0.1) is 21.4 Å². The summed E-state index contributed by atoms with van der Waals surface area (Å²) in [5.74, 6) is -2.02. The highest BCUT2D eigenvalue weighted by atomic mass is 32.2. The third-order valence-electron chi connectivity index (χ3n) is 2.95. The first-order valence-electron chi connectivity index (χ1n) is 7.24. The maximum atomic E-state index is 12.3. The lowest BCUT2D eigenvalue weighted by atomic mass is 10.1. The maximum absolute atomic E-state index is 12.3. The van der Waals surface area contributed by atoms with Crippen molar-refractivity contribution in [1.29, 1.82) is 0 Å². The van der Waals surface area contributed by atoms with Gasteiger partial charge >= 0.3 is 0 Å². The van der Waals surface area contributed by atoms with Crippen molar-refractivity contribution in [3.63, 3.8) is 0 Å². The summed E-state index contributed by atoms with van der Waals surface area (Å²) in [4.78, 5) is 23.5. The second-order valence-corrected chi connectivity index (χ2v) is 8.88. The van der Waals surface area contributed by atoms with Crippen molar-refractivity contribution in [3.8, 4) is 0 Å². The molecule has 0 aliphatic heterocycles. The van der Waals surface area contributed by atoms with Gasteiger partial charge in [-0.15, -0.1) is 11.3 Å². The quantitative estimate of drug-likeness (QED) is 0.813. The van der Waals surface area contributed by atoms with Crippen LogP contribution in [0.25, 0.3) is 0 Å². The number of carbonyl (C=O) groups is 2. The number of carboxylic acid groups (broad SMARTS) is 1. The van der Waals surface area contributed by atoms with E-state index in [-0.39, 0.29) is 21.0 Å². The monoisotopic (exact) mass is 381 g/mol. The molecule has 9 heteroatoms. The molecule has 0 radical (unpaired) electrons. The number of thiophene rings is 1. The standard InChI is InChI=1S/C16H18N2O5S2/c1-16(2,3)18-25(22,23)10-8-13(24-9-10)14(19)17-12-7-5-4-6-11(12)15(20)21/h4-9,18H,1-3H3,(H,17,19)(H,20,21)/p-1. The molecule has 1 amide bonds. The number of nitrogens with one attached hydrogen (secondary N) is 2. The van der Waals surface area contributed by atoms with Crippen LogP contribution < -0.4 is 15.1 Å². The number of benzene rings is 1. The van der Waals surface area contributed by atoms with Gasteiger partial charge in [-0.1, -0.05) is 18.2 Å². The fraction of sp³-hybridized carbons (Fsp3) is 0.250.